The molecule has 1 aromatic carbocycles. The Balaban J connectivity index is 1.67. The number of rotatable bonds is 2. The monoisotopic (exact) mass is 278 g/mol. The zero-order chi connectivity index (χ0) is 13.4. The SMILES string of the molecule is C[C@@H]1CNCCN1C(=O)[C@H]1C[C@@H]1c1cccc(Cl)c1. The molecule has 0 spiro atoms. The number of amides is 1. The minimum Gasteiger partial charge on any atom is -0.337 e. The van der Waals surface area contributed by atoms with Gasteiger partial charge in [-0.05, 0) is 37.0 Å². The molecule has 0 bridgehead atoms. The van der Waals surface area contributed by atoms with Crippen molar-refractivity contribution in [3.8, 4) is 0 Å². The van der Waals surface area contributed by atoms with Gasteiger partial charge in [-0.25, -0.2) is 0 Å². The summed E-state index contributed by atoms with van der Waals surface area (Å²) in [6.45, 7) is 4.75. The summed E-state index contributed by atoms with van der Waals surface area (Å²) in [5.41, 5.74) is 1.20. The first-order valence-corrected chi connectivity index (χ1v) is 7.31. The lowest BCUT2D eigenvalue weighted by atomic mass is 10.1. The van der Waals surface area contributed by atoms with Crippen LogP contribution in [0.4, 0.5) is 0 Å². The second-order valence-corrected chi connectivity index (χ2v) is 6.02. The quantitative estimate of drug-likeness (QED) is 0.900. The number of piperazine rings is 1. The van der Waals surface area contributed by atoms with E-state index in [2.05, 4.69) is 18.3 Å². The third-order valence-corrected chi connectivity index (χ3v) is 4.40. The molecule has 1 aromatic rings. The van der Waals surface area contributed by atoms with Gasteiger partial charge in [0, 0.05) is 36.6 Å². The first-order valence-electron chi connectivity index (χ1n) is 6.93. The molecule has 1 aliphatic heterocycles. The van der Waals surface area contributed by atoms with Crippen LogP contribution in [-0.2, 0) is 4.79 Å². The van der Waals surface area contributed by atoms with E-state index in [1.54, 1.807) is 0 Å². The Hall–Kier alpha value is -1.06. The lowest BCUT2D eigenvalue weighted by molar-refractivity contribution is -0.135. The minimum atomic E-state index is 0.166. The molecule has 0 radical (unpaired) electrons. The molecule has 1 N–H and O–H groups in total. The fourth-order valence-corrected chi connectivity index (χ4v) is 3.15. The number of nitrogens with zero attached hydrogens (tertiary/aromatic N) is 1. The van der Waals surface area contributed by atoms with Gasteiger partial charge in [-0.1, -0.05) is 23.7 Å². The molecular weight excluding hydrogens is 260 g/mol. The smallest absolute Gasteiger partial charge is 0.226 e. The molecule has 3 rings (SSSR count). The van der Waals surface area contributed by atoms with E-state index in [9.17, 15) is 4.79 Å². The molecule has 0 unspecified atom stereocenters. The zero-order valence-electron chi connectivity index (χ0n) is 11.1. The Bertz CT molecular complexity index is 491. The maximum atomic E-state index is 12.5. The minimum absolute atomic E-state index is 0.166. The predicted molar refractivity (Wildman–Crippen MR) is 76.3 cm³/mol. The summed E-state index contributed by atoms with van der Waals surface area (Å²) in [4.78, 5) is 14.5. The van der Waals surface area contributed by atoms with E-state index < -0.39 is 0 Å². The van der Waals surface area contributed by atoms with Crippen molar-refractivity contribution in [1.82, 2.24) is 10.2 Å². The third-order valence-electron chi connectivity index (χ3n) is 4.17. The van der Waals surface area contributed by atoms with Gasteiger partial charge in [0.15, 0.2) is 0 Å². The van der Waals surface area contributed by atoms with E-state index in [1.807, 2.05) is 23.1 Å². The van der Waals surface area contributed by atoms with Crippen LogP contribution in [0.15, 0.2) is 24.3 Å². The Morgan fingerprint density at radius 1 is 1.47 bits per heavy atom. The van der Waals surface area contributed by atoms with Crippen molar-refractivity contribution >= 4 is 17.5 Å². The van der Waals surface area contributed by atoms with E-state index in [4.69, 9.17) is 11.6 Å². The summed E-state index contributed by atoms with van der Waals surface area (Å²) in [7, 11) is 0. The summed E-state index contributed by atoms with van der Waals surface area (Å²) >= 11 is 6.01. The summed E-state index contributed by atoms with van der Waals surface area (Å²) in [5.74, 6) is 0.853. The Labute approximate surface area is 118 Å². The van der Waals surface area contributed by atoms with Crippen molar-refractivity contribution in [1.29, 1.82) is 0 Å². The molecule has 4 heteroatoms. The van der Waals surface area contributed by atoms with Crippen molar-refractivity contribution in [2.24, 2.45) is 5.92 Å². The molecule has 1 heterocycles. The standard InChI is InChI=1S/C15H19ClN2O/c1-10-9-17-5-6-18(10)15(19)14-8-13(14)11-3-2-4-12(16)7-11/h2-4,7,10,13-14,17H,5-6,8-9H2,1H3/t10-,13-,14+/m1/s1. The molecule has 3 nitrogen and oxygen atoms in total. The maximum Gasteiger partial charge on any atom is 0.226 e. The van der Waals surface area contributed by atoms with Gasteiger partial charge in [-0.2, -0.15) is 0 Å². The zero-order valence-corrected chi connectivity index (χ0v) is 11.9. The van der Waals surface area contributed by atoms with Crippen LogP contribution in [0.1, 0.15) is 24.8 Å². The van der Waals surface area contributed by atoms with Crippen LogP contribution in [0.3, 0.4) is 0 Å². The average Bonchev–Trinajstić information content (AvgIpc) is 3.19. The summed E-state index contributed by atoms with van der Waals surface area (Å²) in [6.07, 6.45) is 0.968. The lowest BCUT2D eigenvalue weighted by Gasteiger charge is -2.34. The predicted octanol–water partition coefficient (Wildman–Crippen LogP) is 2.26. The Morgan fingerprint density at radius 3 is 3.05 bits per heavy atom. The molecule has 0 aromatic heterocycles. The molecule has 2 aliphatic rings. The van der Waals surface area contributed by atoms with Crippen LogP contribution in [0.25, 0.3) is 0 Å². The summed E-state index contributed by atoms with van der Waals surface area (Å²) in [5, 5.41) is 4.07. The largest absolute Gasteiger partial charge is 0.337 e. The van der Waals surface area contributed by atoms with Gasteiger partial charge >= 0.3 is 0 Å². The maximum absolute atomic E-state index is 12.5. The molecule has 1 aliphatic carbocycles. The number of benzene rings is 1. The number of nitrogens with one attached hydrogen (secondary N) is 1. The Kier molecular flexibility index (Phi) is 3.50. The summed E-state index contributed by atoms with van der Waals surface area (Å²) < 4.78 is 0. The molecule has 1 amide bonds. The molecule has 3 atom stereocenters. The van der Waals surface area contributed by atoms with Crippen LogP contribution in [0, 0.1) is 5.92 Å². The van der Waals surface area contributed by atoms with Gasteiger partial charge in [0.25, 0.3) is 0 Å². The van der Waals surface area contributed by atoms with Crippen molar-refractivity contribution in [2.75, 3.05) is 19.6 Å². The van der Waals surface area contributed by atoms with Crippen LogP contribution in [0.2, 0.25) is 5.02 Å². The van der Waals surface area contributed by atoms with Crippen LogP contribution < -0.4 is 5.32 Å². The highest BCUT2D eigenvalue weighted by Gasteiger charge is 2.46. The fraction of sp³-hybridized carbons (Fsp3) is 0.533. The third kappa shape index (κ3) is 2.63. The highest BCUT2D eigenvalue weighted by molar-refractivity contribution is 6.30. The van der Waals surface area contributed by atoms with E-state index in [-0.39, 0.29) is 5.92 Å². The molecule has 1 saturated heterocycles. The van der Waals surface area contributed by atoms with Crippen LogP contribution in [-0.4, -0.2) is 36.5 Å². The molecule has 1 saturated carbocycles. The highest BCUT2D eigenvalue weighted by Crippen LogP contribution is 2.49. The average molecular weight is 279 g/mol. The second-order valence-electron chi connectivity index (χ2n) is 5.59. The van der Waals surface area contributed by atoms with Gasteiger partial charge in [0.2, 0.25) is 5.91 Å². The van der Waals surface area contributed by atoms with Gasteiger partial charge in [0.05, 0.1) is 0 Å². The molecule has 102 valence electrons. The van der Waals surface area contributed by atoms with Gasteiger partial charge in [-0.15, -0.1) is 0 Å². The van der Waals surface area contributed by atoms with Crippen molar-refractivity contribution in [2.45, 2.75) is 25.3 Å². The van der Waals surface area contributed by atoms with Gasteiger partial charge in [0.1, 0.15) is 0 Å². The van der Waals surface area contributed by atoms with Crippen LogP contribution >= 0.6 is 11.6 Å². The van der Waals surface area contributed by atoms with E-state index in [0.29, 0.717) is 17.9 Å². The van der Waals surface area contributed by atoms with E-state index in [1.165, 1.54) is 5.56 Å². The van der Waals surface area contributed by atoms with Gasteiger partial charge < -0.3 is 10.2 Å². The van der Waals surface area contributed by atoms with Crippen molar-refractivity contribution < 1.29 is 4.79 Å². The first-order chi connectivity index (χ1) is 9.16. The lowest BCUT2D eigenvalue weighted by Crippen LogP contribution is -2.52. The topological polar surface area (TPSA) is 32.3 Å². The molecule has 19 heavy (non-hydrogen) atoms. The second kappa shape index (κ2) is 5.14. The number of carbonyl (C=O) groups is 1. The number of carbonyl (C=O) groups excluding carboxylic acids is 1. The number of halogens is 1. The first kappa shape index (κ1) is 12.9. The highest BCUT2D eigenvalue weighted by atomic mass is 35.5. The van der Waals surface area contributed by atoms with Crippen LogP contribution in [0.5, 0.6) is 0 Å². The van der Waals surface area contributed by atoms with Gasteiger partial charge in [-0.3, -0.25) is 4.79 Å². The normalized spacial score (nSPS) is 30.2. The fourth-order valence-electron chi connectivity index (χ4n) is 2.95. The van der Waals surface area contributed by atoms with E-state index in [0.717, 1.165) is 31.1 Å². The summed E-state index contributed by atoms with van der Waals surface area (Å²) in [6, 6.07) is 8.21. The number of hydrogen-bond donors (Lipinski definition) is 1. The van der Waals surface area contributed by atoms with E-state index >= 15 is 0 Å². The van der Waals surface area contributed by atoms with Crippen molar-refractivity contribution in [3.05, 3.63) is 34.9 Å². The van der Waals surface area contributed by atoms with Crippen molar-refractivity contribution in [3.63, 3.8) is 0 Å². The Morgan fingerprint density at radius 2 is 2.32 bits per heavy atom. The molecule has 2 fully saturated rings. The molecular formula is C15H19ClN2O. The number of hydrogen-bond acceptors (Lipinski definition) is 2.